The number of carbonyl (C=O) groups excluding carboxylic acids is 2. The molecule has 6 nitrogen and oxygen atoms in total. The van der Waals surface area contributed by atoms with Crippen molar-refractivity contribution in [2.45, 2.75) is 0 Å². The van der Waals surface area contributed by atoms with Gasteiger partial charge in [0.05, 0.1) is 23.4 Å². The fraction of sp³-hybridized carbons (Fsp3) is 0.0909. The summed E-state index contributed by atoms with van der Waals surface area (Å²) in [6, 6.07) is 17.6. The summed E-state index contributed by atoms with van der Waals surface area (Å²) >= 11 is 5.96. The third kappa shape index (κ3) is 3.75. The zero-order valence-corrected chi connectivity index (χ0v) is 16.2. The molecule has 7 heteroatoms. The van der Waals surface area contributed by atoms with Gasteiger partial charge in [-0.3, -0.25) is 4.79 Å². The van der Waals surface area contributed by atoms with Gasteiger partial charge in [0.2, 0.25) is 0 Å². The average Bonchev–Trinajstić information content (AvgIpc) is 3.09. The summed E-state index contributed by atoms with van der Waals surface area (Å²) in [6.45, 7) is -0.467. The number of benzene rings is 3. The monoisotopic (exact) mass is 409 g/mol. The van der Waals surface area contributed by atoms with Gasteiger partial charge in [0.25, 0.3) is 5.91 Å². The molecule has 0 aliphatic carbocycles. The second-order valence-corrected chi connectivity index (χ2v) is 6.66. The number of carbonyl (C=O) groups is 2. The van der Waals surface area contributed by atoms with Crippen molar-refractivity contribution in [2.24, 2.45) is 0 Å². The van der Waals surface area contributed by atoms with Crippen LogP contribution in [0, 0.1) is 0 Å². The normalized spacial score (nSPS) is 10.8. The summed E-state index contributed by atoms with van der Waals surface area (Å²) in [5, 5.41) is 4.77. The molecular weight excluding hydrogens is 394 g/mol. The maximum Gasteiger partial charge on any atom is 0.340 e. The number of esters is 1. The molecule has 3 aromatic carbocycles. The van der Waals surface area contributed by atoms with Crippen LogP contribution in [-0.4, -0.2) is 25.6 Å². The highest BCUT2D eigenvalue weighted by Crippen LogP contribution is 2.36. The molecule has 0 spiro atoms. The zero-order valence-electron chi connectivity index (χ0n) is 15.4. The molecule has 0 bridgehead atoms. The Balaban J connectivity index is 1.52. The summed E-state index contributed by atoms with van der Waals surface area (Å²) in [5.41, 5.74) is 1.96. The average molecular weight is 410 g/mol. The molecule has 4 rings (SSSR count). The van der Waals surface area contributed by atoms with Crippen molar-refractivity contribution in [1.82, 2.24) is 0 Å². The maximum atomic E-state index is 12.3. The van der Waals surface area contributed by atoms with E-state index in [4.69, 9.17) is 25.5 Å². The number of hydrogen-bond donors (Lipinski definition) is 1. The van der Waals surface area contributed by atoms with Crippen LogP contribution in [0.4, 0.5) is 5.69 Å². The Morgan fingerprint density at radius 3 is 2.55 bits per heavy atom. The van der Waals surface area contributed by atoms with E-state index in [0.717, 1.165) is 16.4 Å². The summed E-state index contributed by atoms with van der Waals surface area (Å²) in [4.78, 5) is 24.4. The number of amides is 1. The predicted molar refractivity (Wildman–Crippen MR) is 111 cm³/mol. The second kappa shape index (κ2) is 7.85. The molecule has 4 aromatic rings. The van der Waals surface area contributed by atoms with E-state index in [0.29, 0.717) is 17.0 Å². The zero-order chi connectivity index (χ0) is 20.4. The topological polar surface area (TPSA) is 77.8 Å². The van der Waals surface area contributed by atoms with Crippen molar-refractivity contribution in [1.29, 1.82) is 0 Å². The molecule has 1 heterocycles. The first-order valence-corrected chi connectivity index (χ1v) is 9.15. The van der Waals surface area contributed by atoms with E-state index in [1.54, 1.807) is 30.3 Å². The van der Waals surface area contributed by atoms with E-state index in [2.05, 4.69) is 5.32 Å². The smallest absolute Gasteiger partial charge is 0.340 e. The number of anilines is 1. The van der Waals surface area contributed by atoms with E-state index in [1.165, 1.54) is 13.2 Å². The highest BCUT2D eigenvalue weighted by atomic mass is 35.5. The van der Waals surface area contributed by atoms with Crippen LogP contribution in [0.15, 0.2) is 65.1 Å². The Morgan fingerprint density at radius 2 is 1.76 bits per heavy atom. The molecule has 0 fully saturated rings. The van der Waals surface area contributed by atoms with Crippen molar-refractivity contribution in [3.8, 4) is 5.75 Å². The molecule has 1 aromatic heterocycles. The number of para-hydroxylation sites is 1. The molecule has 0 saturated heterocycles. The number of methoxy groups -OCH3 is 1. The summed E-state index contributed by atoms with van der Waals surface area (Å²) in [7, 11) is 1.51. The van der Waals surface area contributed by atoms with Gasteiger partial charge in [-0.2, -0.15) is 0 Å². The molecule has 29 heavy (non-hydrogen) atoms. The van der Waals surface area contributed by atoms with E-state index in [1.807, 2.05) is 24.3 Å². The minimum Gasteiger partial charge on any atom is -0.495 e. The largest absolute Gasteiger partial charge is 0.495 e. The van der Waals surface area contributed by atoms with Crippen LogP contribution in [0.25, 0.3) is 21.9 Å². The van der Waals surface area contributed by atoms with Crippen molar-refractivity contribution >= 4 is 51.1 Å². The first kappa shape index (κ1) is 18.8. The summed E-state index contributed by atoms with van der Waals surface area (Å²) in [5.74, 6) is -0.723. The second-order valence-electron chi connectivity index (χ2n) is 6.25. The number of fused-ring (bicyclic) bond motifs is 3. The van der Waals surface area contributed by atoms with Gasteiger partial charge in [-0.15, -0.1) is 0 Å². The molecule has 0 aliphatic heterocycles. The minimum absolute atomic E-state index is 0.197. The van der Waals surface area contributed by atoms with Gasteiger partial charge in [-0.25, -0.2) is 4.79 Å². The standard InChI is InChI=1S/C22H16ClNO5/c1-27-20-10-15-13-6-3-5-9-18(13)29-19(15)11-17(20)24-21(25)12-28-22(26)14-7-2-4-8-16(14)23/h2-11H,12H2,1H3,(H,24,25). The van der Waals surface area contributed by atoms with Crippen molar-refractivity contribution in [2.75, 3.05) is 19.0 Å². The number of rotatable bonds is 5. The lowest BCUT2D eigenvalue weighted by Gasteiger charge is -2.11. The molecule has 146 valence electrons. The van der Waals surface area contributed by atoms with Gasteiger partial charge in [0, 0.05) is 16.8 Å². The SMILES string of the molecule is COc1cc2c(cc1NC(=O)COC(=O)c1ccccc1Cl)oc1ccccc12. The fourth-order valence-corrected chi connectivity index (χ4v) is 3.25. The van der Waals surface area contributed by atoms with Gasteiger partial charge >= 0.3 is 5.97 Å². The number of ether oxygens (including phenoxy) is 2. The highest BCUT2D eigenvalue weighted by Gasteiger charge is 2.16. The Morgan fingerprint density at radius 1 is 1.00 bits per heavy atom. The van der Waals surface area contributed by atoms with Crippen LogP contribution in [-0.2, 0) is 9.53 Å². The van der Waals surface area contributed by atoms with Crippen LogP contribution in [0.5, 0.6) is 5.75 Å². The number of hydrogen-bond acceptors (Lipinski definition) is 5. The minimum atomic E-state index is -0.676. The quantitative estimate of drug-likeness (QED) is 0.467. The Kier molecular flexibility index (Phi) is 5.10. The highest BCUT2D eigenvalue weighted by molar-refractivity contribution is 6.33. The van der Waals surface area contributed by atoms with Crippen LogP contribution in [0.1, 0.15) is 10.4 Å². The number of halogens is 1. The third-order valence-corrected chi connectivity index (χ3v) is 4.73. The number of nitrogens with one attached hydrogen (secondary N) is 1. The van der Waals surface area contributed by atoms with Crippen LogP contribution in [0.2, 0.25) is 5.02 Å². The van der Waals surface area contributed by atoms with E-state index < -0.39 is 18.5 Å². The van der Waals surface area contributed by atoms with E-state index >= 15 is 0 Å². The van der Waals surface area contributed by atoms with E-state index in [-0.39, 0.29) is 10.6 Å². The molecule has 0 radical (unpaired) electrons. The molecule has 0 aliphatic rings. The van der Waals surface area contributed by atoms with Crippen molar-refractivity contribution < 1.29 is 23.5 Å². The first-order chi connectivity index (χ1) is 14.1. The predicted octanol–water partition coefficient (Wildman–Crippen LogP) is 5.04. The van der Waals surface area contributed by atoms with Gasteiger partial charge < -0.3 is 19.2 Å². The molecule has 0 unspecified atom stereocenters. The molecule has 1 amide bonds. The Hall–Kier alpha value is -3.51. The summed E-state index contributed by atoms with van der Waals surface area (Å²) in [6.07, 6.45) is 0. The van der Waals surface area contributed by atoms with Gasteiger partial charge in [0.1, 0.15) is 16.9 Å². The van der Waals surface area contributed by atoms with Crippen LogP contribution in [0.3, 0.4) is 0 Å². The van der Waals surface area contributed by atoms with Crippen LogP contribution < -0.4 is 10.1 Å². The van der Waals surface area contributed by atoms with E-state index in [9.17, 15) is 9.59 Å². The first-order valence-electron chi connectivity index (χ1n) is 8.77. The van der Waals surface area contributed by atoms with Crippen molar-refractivity contribution in [3.05, 3.63) is 71.2 Å². The molecular formula is C22H16ClNO5. The molecule has 1 N–H and O–H groups in total. The lowest BCUT2D eigenvalue weighted by molar-refractivity contribution is -0.119. The Bertz CT molecular complexity index is 1230. The van der Waals surface area contributed by atoms with Gasteiger partial charge in [-0.05, 0) is 24.3 Å². The Labute approximate surface area is 171 Å². The maximum absolute atomic E-state index is 12.3. The molecule has 0 saturated carbocycles. The lowest BCUT2D eigenvalue weighted by Crippen LogP contribution is -2.21. The van der Waals surface area contributed by atoms with Gasteiger partial charge in [0.15, 0.2) is 6.61 Å². The summed E-state index contributed by atoms with van der Waals surface area (Å²) < 4.78 is 16.3. The fourth-order valence-electron chi connectivity index (χ4n) is 3.04. The van der Waals surface area contributed by atoms with Crippen LogP contribution >= 0.6 is 11.6 Å². The van der Waals surface area contributed by atoms with Crippen molar-refractivity contribution in [3.63, 3.8) is 0 Å². The van der Waals surface area contributed by atoms with Gasteiger partial charge in [-0.1, -0.05) is 41.9 Å². The lowest BCUT2D eigenvalue weighted by atomic mass is 10.1. The molecule has 0 atom stereocenters. The third-order valence-electron chi connectivity index (χ3n) is 4.40. The number of furan rings is 1.